The van der Waals surface area contributed by atoms with Gasteiger partial charge in [-0.3, -0.25) is 4.99 Å². The molecule has 2 aromatic rings. The number of benzene rings is 1. The van der Waals surface area contributed by atoms with E-state index in [2.05, 4.69) is 4.99 Å². The summed E-state index contributed by atoms with van der Waals surface area (Å²) in [6.45, 7) is 5.15. The zero-order chi connectivity index (χ0) is 18.7. The predicted molar refractivity (Wildman–Crippen MR) is 99.5 cm³/mol. The quantitative estimate of drug-likeness (QED) is 0.672. The van der Waals surface area contributed by atoms with E-state index in [-0.39, 0.29) is 6.04 Å². The third-order valence-electron chi connectivity index (χ3n) is 3.92. The molecular weight excluding hydrogens is 332 g/mol. The predicted octanol–water partition coefficient (Wildman–Crippen LogP) is 2.40. The Labute approximate surface area is 152 Å². The number of carbonyl (C=O) groups excluding carboxylic acids is 1. The Hall–Kier alpha value is -3.09. The van der Waals surface area contributed by atoms with Crippen molar-refractivity contribution in [3.05, 3.63) is 47.9 Å². The highest BCUT2D eigenvalue weighted by Gasteiger charge is 2.21. The molecule has 1 aromatic heterocycles. The third-order valence-corrected chi connectivity index (χ3v) is 3.92. The molecule has 0 amide bonds. The molecule has 0 bridgehead atoms. The van der Waals surface area contributed by atoms with Gasteiger partial charge in [0.25, 0.3) is 0 Å². The molecule has 3 rings (SSSR count). The normalized spacial score (nSPS) is 13.9. The molecule has 2 N–H and O–H groups in total. The number of nitrogens with zero attached hydrogens (tertiary/aromatic N) is 3. The largest absolute Gasteiger partial charge is 0.491 e. The molecule has 0 aliphatic carbocycles. The molecular formula is C19H22N4O3. The lowest BCUT2D eigenvalue weighted by molar-refractivity contribution is 0.0600. The van der Waals surface area contributed by atoms with E-state index in [4.69, 9.17) is 20.2 Å². The minimum Gasteiger partial charge on any atom is -0.491 e. The lowest BCUT2D eigenvalue weighted by Gasteiger charge is -2.08. The minimum absolute atomic E-state index is 0.115. The highest BCUT2D eigenvalue weighted by Crippen LogP contribution is 2.33. The molecule has 1 aliphatic heterocycles. The Kier molecular flexibility index (Phi) is 5.06. The fourth-order valence-electron chi connectivity index (χ4n) is 2.82. The van der Waals surface area contributed by atoms with Crippen LogP contribution < -0.4 is 10.5 Å². The van der Waals surface area contributed by atoms with E-state index in [0.29, 0.717) is 24.5 Å². The summed E-state index contributed by atoms with van der Waals surface area (Å²) in [6, 6.07) is 5.32. The maximum Gasteiger partial charge on any atom is 0.337 e. The van der Waals surface area contributed by atoms with Gasteiger partial charge in [-0.05, 0) is 44.3 Å². The molecule has 0 saturated heterocycles. The van der Waals surface area contributed by atoms with Gasteiger partial charge >= 0.3 is 5.97 Å². The zero-order valence-corrected chi connectivity index (χ0v) is 15.1. The van der Waals surface area contributed by atoms with Gasteiger partial charge in [0.15, 0.2) is 0 Å². The van der Waals surface area contributed by atoms with E-state index >= 15 is 0 Å². The number of hydrogen-bond donors (Lipinski definition) is 1. The number of hydrogen-bond acceptors (Lipinski definition) is 6. The van der Waals surface area contributed by atoms with Crippen molar-refractivity contribution >= 4 is 11.7 Å². The summed E-state index contributed by atoms with van der Waals surface area (Å²) in [5, 5.41) is 0. The molecule has 0 spiro atoms. The molecule has 0 radical (unpaired) electrons. The molecule has 0 unspecified atom stereocenters. The van der Waals surface area contributed by atoms with Crippen LogP contribution in [-0.2, 0) is 11.3 Å². The molecule has 1 aliphatic rings. The van der Waals surface area contributed by atoms with Gasteiger partial charge in [-0.2, -0.15) is 0 Å². The maximum absolute atomic E-state index is 11.9. The highest BCUT2D eigenvalue weighted by atomic mass is 16.5. The van der Waals surface area contributed by atoms with Crippen molar-refractivity contribution in [2.75, 3.05) is 13.7 Å². The second-order valence-electron chi connectivity index (χ2n) is 6.16. The fourth-order valence-corrected chi connectivity index (χ4v) is 2.82. The summed E-state index contributed by atoms with van der Waals surface area (Å²) in [4.78, 5) is 21.2. The smallest absolute Gasteiger partial charge is 0.337 e. The van der Waals surface area contributed by atoms with Crippen LogP contribution in [0.2, 0.25) is 0 Å². The number of nitrogens with two attached hydrogens (primary N) is 1. The molecule has 0 fully saturated rings. The van der Waals surface area contributed by atoms with E-state index < -0.39 is 5.97 Å². The average Bonchev–Trinajstić information content (AvgIpc) is 2.97. The second-order valence-corrected chi connectivity index (χ2v) is 6.16. The summed E-state index contributed by atoms with van der Waals surface area (Å²) >= 11 is 0. The van der Waals surface area contributed by atoms with Gasteiger partial charge in [0.05, 0.1) is 30.5 Å². The third kappa shape index (κ3) is 3.46. The van der Waals surface area contributed by atoms with Crippen LogP contribution in [0.5, 0.6) is 5.75 Å². The number of aromatic nitrogens is 2. The first-order valence-corrected chi connectivity index (χ1v) is 8.42. The molecule has 7 heteroatoms. The average molecular weight is 354 g/mol. The Morgan fingerprint density at radius 2 is 2.27 bits per heavy atom. The number of rotatable bonds is 4. The van der Waals surface area contributed by atoms with E-state index in [1.54, 1.807) is 24.3 Å². The number of esters is 1. The number of imidazole rings is 1. The molecule has 26 heavy (non-hydrogen) atoms. The van der Waals surface area contributed by atoms with Gasteiger partial charge in [0, 0.05) is 12.2 Å². The second kappa shape index (κ2) is 7.43. The van der Waals surface area contributed by atoms with Crippen LogP contribution in [0, 0.1) is 0 Å². The van der Waals surface area contributed by atoms with Crippen molar-refractivity contribution in [1.82, 2.24) is 9.55 Å². The monoisotopic (exact) mass is 354 g/mol. The Balaban J connectivity index is 2.12. The van der Waals surface area contributed by atoms with Crippen LogP contribution in [-0.4, -0.2) is 41.0 Å². The Morgan fingerprint density at radius 1 is 1.46 bits per heavy atom. The van der Waals surface area contributed by atoms with Crippen molar-refractivity contribution in [1.29, 1.82) is 0 Å². The van der Waals surface area contributed by atoms with Crippen LogP contribution in [0.15, 0.2) is 41.7 Å². The van der Waals surface area contributed by atoms with Crippen LogP contribution in [0.25, 0.3) is 11.4 Å². The first kappa shape index (κ1) is 17.7. The van der Waals surface area contributed by atoms with E-state index in [9.17, 15) is 4.79 Å². The van der Waals surface area contributed by atoms with Crippen molar-refractivity contribution < 1.29 is 14.3 Å². The topological polar surface area (TPSA) is 91.7 Å². The van der Waals surface area contributed by atoms with Crippen molar-refractivity contribution in [2.45, 2.75) is 26.4 Å². The summed E-state index contributed by atoms with van der Waals surface area (Å²) in [5.74, 6) is 1.01. The van der Waals surface area contributed by atoms with Crippen molar-refractivity contribution in [3.8, 4) is 17.1 Å². The number of aliphatic imine (C=N–C) groups is 1. The van der Waals surface area contributed by atoms with Crippen LogP contribution in [0.1, 0.15) is 29.9 Å². The number of methoxy groups -OCH3 is 1. The molecule has 1 aromatic carbocycles. The van der Waals surface area contributed by atoms with Gasteiger partial charge < -0.3 is 19.8 Å². The van der Waals surface area contributed by atoms with E-state index in [1.807, 2.05) is 24.6 Å². The van der Waals surface area contributed by atoms with Gasteiger partial charge in [0.1, 0.15) is 23.9 Å². The summed E-state index contributed by atoms with van der Waals surface area (Å²) in [6.07, 6.45) is 5.13. The minimum atomic E-state index is -0.400. The number of fused-ring (bicyclic) bond motifs is 3. The van der Waals surface area contributed by atoms with Crippen LogP contribution >= 0.6 is 0 Å². The van der Waals surface area contributed by atoms with Crippen LogP contribution in [0.4, 0.5) is 0 Å². The highest BCUT2D eigenvalue weighted by molar-refractivity contribution is 6.07. The maximum atomic E-state index is 11.9. The first-order chi connectivity index (χ1) is 12.5. The summed E-state index contributed by atoms with van der Waals surface area (Å²) < 4.78 is 12.6. The Bertz CT molecular complexity index is 881. The van der Waals surface area contributed by atoms with Gasteiger partial charge in [-0.1, -0.05) is 0 Å². The lowest BCUT2D eigenvalue weighted by atomic mass is 10.1. The zero-order valence-electron chi connectivity index (χ0n) is 15.1. The van der Waals surface area contributed by atoms with Gasteiger partial charge in [0.2, 0.25) is 0 Å². The fraction of sp³-hybridized carbons (Fsp3) is 0.316. The lowest BCUT2D eigenvalue weighted by Crippen LogP contribution is -2.06. The van der Waals surface area contributed by atoms with Crippen LogP contribution in [0.3, 0.4) is 0 Å². The standard InChI is InChI=1S/C19H22N4O3/c1-12(2)21-15(6-7-20)16-11-23-8-9-26-17-5-4-13(19(24)25-3)10-14(17)18(23)22-16/h4-7,10-12H,8-9,20H2,1-3H3. The SMILES string of the molecule is COC(=O)c1ccc2c(c1)-c1nc(C(C=CN)=NC(C)C)cn1CCO2. The molecule has 2 heterocycles. The van der Waals surface area contributed by atoms with Crippen molar-refractivity contribution in [2.24, 2.45) is 10.7 Å². The number of allylic oxidation sites excluding steroid dienone is 1. The number of carbonyl (C=O) groups is 1. The van der Waals surface area contributed by atoms with E-state index in [0.717, 1.165) is 22.8 Å². The molecule has 136 valence electrons. The van der Waals surface area contributed by atoms with Gasteiger partial charge in [-0.25, -0.2) is 9.78 Å². The van der Waals surface area contributed by atoms with E-state index in [1.165, 1.54) is 13.3 Å². The summed E-state index contributed by atoms with van der Waals surface area (Å²) in [7, 11) is 1.36. The molecule has 0 saturated carbocycles. The molecule has 0 atom stereocenters. The summed E-state index contributed by atoms with van der Waals surface area (Å²) in [5.41, 5.74) is 8.21. The Morgan fingerprint density at radius 3 is 2.96 bits per heavy atom. The first-order valence-electron chi connectivity index (χ1n) is 8.42. The van der Waals surface area contributed by atoms with Gasteiger partial charge in [-0.15, -0.1) is 0 Å². The van der Waals surface area contributed by atoms with Crippen molar-refractivity contribution in [3.63, 3.8) is 0 Å². The number of ether oxygens (including phenoxy) is 2. The molecule has 7 nitrogen and oxygen atoms in total.